The lowest BCUT2D eigenvalue weighted by Crippen LogP contribution is -2.15. The summed E-state index contributed by atoms with van der Waals surface area (Å²) in [5.74, 6) is 1.88. The predicted molar refractivity (Wildman–Crippen MR) is 81.0 cm³/mol. The Hall–Kier alpha value is -2.96. The fourth-order valence-electron chi connectivity index (χ4n) is 1.99. The maximum Gasteiger partial charge on any atom is 0.412 e. The molecule has 22 heavy (non-hydrogen) atoms. The van der Waals surface area contributed by atoms with E-state index in [9.17, 15) is 4.79 Å². The van der Waals surface area contributed by atoms with E-state index in [0.29, 0.717) is 24.8 Å². The van der Waals surface area contributed by atoms with Crippen LogP contribution in [0.25, 0.3) is 0 Å². The first kappa shape index (κ1) is 14.0. The first-order valence-electron chi connectivity index (χ1n) is 6.72. The number of aromatic nitrogens is 1. The molecule has 7 nitrogen and oxygen atoms in total. The molecular formula is C15H15N3O4. The van der Waals surface area contributed by atoms with Gasteiger partial charge in [-0.2, -0.15) is 0 Å². The van der Waals surface area contributed by atoms with Crippen molar-refractivity contribution in [3.63, 3.8) is 0 Å². The van der Waals surface area contributed by atoms with E-state index in [1.165, 1.54) is 7.11 Å². The van der Waals surface area contributed by atoms with Gasteiger partial charge in [0, 0.05) is 11.8 Å². The van der Waals surface area contributed by atoms with Crippen LogP contribution in [0.15, 0.2) is 36.5 Å². The van der Waals surface area contributed by atoms with Gasteiger partial charge in [-0.25, -0.2) is 9.78 Å². The standard InChI is InChI=1S/C15H15N3O4/c1-20-15(19)18-14-5-3-11(9-16-14)17-10-2-4-12-13(8-10)22-7-6-21-12/h2-5,8-9,17H,6-7H2,1H3,(H,16,18,19). The molecule has 1 aromatic carbocycles. The largest absolute Gasteiger partial charge is 0.486 e. The molecule has 1 aliphatic rings. The molecular weight excluding hydrogens is 286 g/mol. The zero-order valence-electron chi connectivity index (χ0n) is 12.0. The van der Waals surface area contributed by atoms with Gasteiger partial charge < -0.3 is 19.5 Å². The number of hydrogen-bond donors (Lipinski definition) is 2. The fourth-order valence-corrected chi connectivity index (χ4v) is 1.99. The van der Waals surface area contributed by atoms with E-state index in [-0.39, 0.29) is 0 Å². The topological polar surface area (TPSA) is 81.7 Å². The molecule has 2 N–H and O–H groups in total. The SMILES string of the molecule is COC(=O)Nc1ccc(Nc2ccc3c(c2)OCCO3)cn1. The van der Waals surface area contributed by atoms with Gasteiger partial charge in [0.15, 0.2) is 11.5 Å². The predicted octanol–water partition coefficient (Wildman–Crippen LogP) is 2.77. The van der Waals surface area contributed by atoms with Gasteiger partial charge in [-0.1, -0.05) is 0 Å². The fraction of sp³-hybridized carbons (Fsp3) is 0.200. The van der Waals surface area contributed by atoms with E-state index >= 15 is 0 Å². The molecule has 0 saturated heterocycles. The average molecular weight is 301 g/mol. The van der Waals surface area contributed by atoms with E-state index in [0.717, 1.165) is 17.1 Å². The minimum absolute atomic E-state index is 0.416. The van der Waals surface area contributed by atoms with Crippen LogP contribution in [-0.2, 0) is 4.74 Å². The quantitative estimate of drug-likeness (QED) is 0.907. The summed E-state index contributed by atoms with van der Waals surface area (Å²) in [6.07, 6.45) is 1.06. The summed E-state index contributed by atoms with van der Waals surface area (Å²) in [7, 11) is 1.30. The first-order chi connectivity index (χ1) is 10.7. The third-order valence-corrected chi connectivity index (χ3v) is 3.01. The summed E-state index contributed by atoms with van der Waals surface area (Å²) in [5.41, 5.74) is 1.65. The molecule has 7 heteroatoms. The molecule has 0 spiro atoms. The van der Waals surface area contributed by atoms with Crippen LogP contribution in [0.5, 0.6) is 11.5 Å². The van der Waals surface area contributed by atoms with Crippen molar-refractivity contribution in [3.05, 3.63) is 36.5 Å². The smallest absolute Gasteiger partial charge is 0.412 e. The highest BCUT2D eigenvalue weighted by Gasteiger charge is 2.11. The van der Waals surface area contributed by atoms with Gasteiger partial charge in [-0.15, -0.1) is 0 Å². The molecule has 1 amide bonds. The number of amides is 1. The van der Waals surface area contributed by atoms with Crippen molar-refractivity contribution in [2.75, 3.05) is 31.0 Å². The number of benzene rings is 1. The highest BCUT2D eigenvalue weighted by Crippen LogP contribution is 2.33. The van der Waals surface area contributed by atoms with Crippen LogP contribution < -0.4 is 20.1 Å². The van der Waals surface area contributed by atoms with E-state index < -0.39 is 6.09 Å². The second-order valence-electron chi connectivity index (χ2n) is 4.53. The van der Waals surface area contributed by atoms with Gasteiger partial charge in [-0.3, -0.25) is 5.32 Å². The molecule has 0 radical (unpaired) electrons. The third-order valence-electron chi connectivity index (χ3n) is 3.01. The van der Waals surface area contributed by atoms with Crippen molar-refractivity contribution >= 4 is 23.3 Å². The van der Waals surface area contributed by atoms with E-state index in [1.807, 2.05) is 18.2 Å². The van der Waals surface area contributed by atoms with Crippen molar-refractivity contribution in [1.82, 2.24) is 4.98 Å². The van der Waals surface area contributed by atoms with Gasteiger partial charge in [0.05, 0.1) is 19.0 Å². The van der Waals surface area contributed by atoms with Crippen LogP contribution in [0.2, 0.25) is 0 Å². The first-order valence-corrected chi connectivity index (χ1v) is 6.72. The number of methoxy groups -OCH3 is 1. The average Bonchev–Trinajstić information content (AvgIpc) is 2.56. The Bertz CT molecular complexity index is 673. The Morgan fingerprint density at radius 1 is 1.14 bits per heavy atom. The lowest BCUT2D eigenvalue weighted by Gasteiger charge is -2.19. The summed E-state index contributed by atoms with van der Waals surface area (Å²) in [5, 5.41) is 5.69. The number of ether oxygens (including phenoxy) is 3. The second-order valence-corrected chi connectivity index (χ2v) is 4.53. The van der Waals surface area contributed by atoms with Gasteiger partial charge in [-0.05, 0) is 24.3 Å². The molecule has 0 aliphatic carbocycles. The third kappa shape index (κ3) is 3.20. The van der Waals surface area contributed by atoms with Gasteiger partial charge in [0.25, 0.3) is 0 Å². The molecule has 114 valence electrons. The molecule has 0 saturated carbocycles. The van der Waals surface area contributed by atoms with Crippen LogP contribution in [-0.4, -0.2) is 31.4 Å². The molecule has 2 aromatic rings. The zero-order chi connectivity index (χ0) is 15.4. The number of nitrogens with one attached hydrogen (secondary N) is 2. The minimum Gasteiger partial charge on any atom is -0.486 e. The van der Waals surface area contributed by atoms with Crippen molar-refractivity contribution in [2.45, 2.75) is 0 Å². The number of anilines is 3. The Kier molecular flexibility index (Phi) is 3.95. The van der Waals surface area contributed by atoms with Crippen molar-refractivity contribution in [2.24, 2.45) is 0 Å². The molecule has 0 fully saturated rings. The van der Waals surface area contributed by atoms with Gasteiger partial charge >= 0.3 is 6.09 Å². The number of hydrogen-bond acceptors (Lipinski definition) is 6. The number of pyridine rings is 1. The van der Waals surface area contributed by atoms with Crippen LogP contribution >= 0.6 is 0 Å². The van der Waals surface area contributed by atoms with Crippen LogP contribution in [0.4, 0.5) is 22.0 Å². The van der Waals surface area contributed by atoms with Crippen LogP contribution in [0.1, 0.15) is 0 Å². The van der Waals surface area contributed by atoms with E-state index in [2.05, 4.69) is 20.4 Å². The highest BCUT2D eigenvalue weighted by atomic mass is 16.6. The Morgan fingerprint density at radius 3 is 2.64 bits per heavy atom. The van der Waals surface area contributed by atoms with Crippen molar-refractivity contribution in [1.29, 1.82) is 0 Å². The minimum atomic E-state index is -0.556. The van der Waals surface area contributed by atoms with Gasteiger partial charge in [0.1, 0.15) is 19.0 Å². The summed E-state index contributed by atoms with van der Waals surface area (Å²) in [6, 6.07) is 9.10. The maximum absolute atomic E-state index is 11.1. The van der Waals surface area contributed by atoms with Crippen molar-refractivity contribution in [3.8, 4) is 11.5 Å². The van der Waals surface area contributed by atoms with Crippen LogP contribution in [0.3, 0.4) is 0 Å². The van der Waals surface area contributed by atoms with Gasteiger partial charge in [0.2, 0.25) is 0 Å². The molecule has 0 atom stereocenters. The number of carbonyl (C=O) groups excluding carboxylic acids is 1. The normalized spacial score (nSPS) is 12.4. The molecule has 0 unspecified atom stereocenters. The van der Waals surface area contributed by atoms with E-state index in [1.54, 1.807) is 18.3 Å². The summed E-state index contributed by atoms with van der Waals surface area (Å²) < 4.78 is 15.5. The molecule has 3 rings (SSSR count). The van der Waals surface area contributed by atoms with E-state index in [4.69, 9.17) is 9.47 Å². The Labute approximate surface area is 127 Å². The molecule has 1 aromatic heterocycles. The highest BCUT2D eigenvalue weighted by molar-refractivity contribution is 5.83. The summed E-state index contributed by atoms with van der Waals surface area (Å²) in [6.45, 7) is 1.12. The van der Waals surface area contributed by atoms with Crippen molar-refractivity contribution < 1.29 is 19.0 Å². The summed E-state index contributed by atoms with van der Waals surface area (Å²) >= 11 is 0. The number of rotatable bonds is 3. The number of fused-ring (bicyclic) bond motifs is 1. The molecule has 1 aliphatic heterocycles. The lowest BCUT2D eigenvalue weighted by atomic mass is 10.2. The second kappa shape index (κ2) is 6.21. The number of nitrogens with zero attached hydrogens (tertiary/aromatic N) is 1. The lowest BCUT2D eigenvalue weighted by molar-refractivity contribution is 0.171. The monoisotopic (exact) mass is 301 g/mol. The molecule has 2 heterocycles. The zero-order valence-corrected chi connectivity index (χ0v) is 12.0. The maximum atomic E-state index is 11.1. The van der Waals surface area contributed by atoms with Crippen LogP contribution in [0, 0.1) is 0 Å². The molecule has 0 bridgehead atoms. The number of carbonyl (C=O) groups is 1. The Morgan fingerprint density at radius 2 is 1.91 bits per heavy atom. The Balaban J connectivity index is 1.69. The summed E-state index contributed by atoms with van der Waals surface area (Å²) in [4.78, 5) is 15.2.